The first kappa shape index (κ1) is 20.6. The topological polar surface area (TPSA) is 75.3 Å². The van der Waals surface area contributed by atoms with Gasteiger partial charge in [0.05, 0.1) is 19.8 Å². The lowest BCUT2D eigenvalue weighted by Crippen LogP contribution is -2.25. The molecule has 0 radical (unpaired) electrons. The van der Waals surface area contributed by atoms with Crippen molar-refractivity contribution in [2.24, 2.45) is 0 Å². The molecule has 0 saturated carbocycles. The van der Waals surface area contributed by atoms with Gasteiger partial charge in [0.25, 0.3) is 5.91 Å². The van der Waals surface area contributed by atoms with E-state index in [9.17, 15) is 4.79 Å². The molecule has 29 heavy (non-hydrogen) atoms. The Labute approximate surface area is 170 Å². The lowest BCUT2D eigenvalue weighted by molar-refractivity contribution is 0.0953. The molecule has 1 heterocycles. The molecule has 0 bridgehead atoms. The maximum absolute atomic E-state index is 12.7. The van der Waals surface area contributed by atoms with Crippen LogP contribution in [-0.2, 0) is 6.42 Å². The molecule has 7 heteroatoms. The number of amides is 1. The van der Waals surface area contributed by atoms with Crippen LogP contribution in [0, 0.1) is 0 Å². The summed E-state index contributed by atoms with van der Waals surface area (Å²) in [6.07, 6.45) is 0.677. The van der Waals surface area contributed by atoms with Crippen LogP contribution in [-0.4, -0.2) is 39.1 Å². The van der Waals surface area contributed by atoms with Crippen LogP contribution in [0.15, 0.2) is 30.3 Å². The quantitative estimate of drug-likeness (QED) is 0.656. The smallest absolute Gasteiger partial charge is 0.251 e. The van der Waals surface area contributed by atoms with Gasteiger partial charge in [-0.05, 0) is 57.0 Å². The van der Waals surface area contributed by atoms with Crippen LogP contribution >= 0.6 is 0 Å². The minimum Gasteiger partial charge on any atom is -0.490 e. The van der Waals surface area contributed by atoms with Gasteiger partial charge in [0.2, 0.25) is 12.5 Å². The van der Waals surface area contributed by atoms with Gasteiger partial charge in [-0.1, -0.05) is 6.07 Å². The monoisotopic (exact) mass is 401 g/mol. The number of hydrogen-bond donors (Lipinski definition) is 1. The molecule has 1 N–H and O–H groups in total. The highest BCUT2D eigenvalue weighted by Gasteiger charge is 2.18. The molecule has 2 aromatic carbocycles. The van der Waals surface area contributed by atoms with Crippen molar-refractivity contribution in [3.8, 4) is 28.7 Å². The van der Waals surface area contributed by atoms with Crippen molar-refractivity contribution in [2.45, 2.75) is 27.2 Å². The van der Waals surface area contributed by atoms with Crippen molar-refractivity contribution in [1.82, 2.24) is 5.32 Å². The number of hydrogen-bond acceptors (Lipinski definition) is 6. The van der Waals surface area contributed by atoms with Crippen molar-refractivity contribution in [3.63, 3.8) is 0 Å². The van der Waals surface area contributed by atoms with Crippen molar-refractivity contribution in [3.05, 3.63) is 41.5 Å². The van der Waals surface area contributed by atoms with E-state index in [1.165, 1.54) is 0 Å². The highest BCUT2D eigenvalue weighted by Crippen LogP contribution is 2.39. The summed E-state index contributed by atoms with van der Waals surface area (Å²) in [5.41, 5.74) is 1.53. The number of nitrogens with one attached hydrogen (secondary N) is 1. The van der Waals surface area contributed by atoms with Crippen LogP contribution in [0.3, 0.4) is 0 Å². The van der Waals surface area contributed by atoms with E-state index < -0.39 is 0 Å². The third-order valence-corrected chi connectivity index (χ3v) is 4.31. The average molecular weight is 401 g/mol. The standard InChI is InChI=1S/C22H27NO6/c1-4-25-19-12-16(13-20(26-5-2)21(19)27-6-3)22(24)23-10-9-15-7-8-17-18(11-15)29-14-28-17/h7-8,11-13H,4-6,9-10,14H2,1-3H3,(H,23,24). The molecule has 1 amide bonds. The Morgan fingerprint density at radius 1 is 0.931 bits per heavy atom. The Bertz CT molecular complexity index is 824. The molecule has 0 saturated heterocycles. The molecule has 156 valence electrons. The molecule has 3 rings (SSSR count). The van der Waals surface area contributed by atoms with E-state index in [2.05, 4.69) is 5.32 Å². The van der Waals surface area contributed by atoms with Gasteiger partial charge in [-0.2, -0.15) is 0 Å². The summed E-state index contributed by atoms with van der Waals surface area (Å²) < 4.78 is 27.7. The molecule has 0 aromatic heterocycles. The van der Waals surface area contributed by atoms with Crippen LogP contribution in [0.4, 0.5) is 0 Å². The van der Waals surface area contributed by atoms with Crippen LogP contribution in [0.2, 0.25) is 0 Å². The van der Waals surface area contributed by atoms with Gasteiger partial charge in [-0.15, -0.1) is 0 Å². The Morgan fingerprint density at radius 3 is 2.24 bits per heavy atom. The van der Waals surface area contributed by atoms with E-state index in [4.69, 9.17) is 23.7 Å². The second kappa shape index (κ2) is 9.91. The zero-order chi connectivity index (χ0) is 20.6. The summed E-state index contributed by atoms with van der Waals surface area (Å²) in [6, 6.07) is 9.16. The number of benzene rings is 2. The average Bonchev–Trinajstić information content (AvgIpc) is 3.18. The minimum atomic E-state index is -0.198. The first-order chi connectivity index (χ1) is 14.2. The number of ether oxygens (including phenoxy) is 5. The Balaban J connectivity index is 1.69. The predicted octanol–water partition coefficient (Wildman–Crippen LogP) is 3.58. The van der Waals surface area contributed by atoms with Gasteiger partial charge in [-0.3, -0.25) is 4.79 Å². The van der Waals surface area contributed by atoms with Crippen LogP contribution in [0.1, 0.15) is 36.7 Å². The zero-order valence-corrected chi connectivity index (χ0v) is 17.1. The normalized spacial score (nSPS) is 11.8. The SMILES string of the molecule is CCOc1cc(C(=O)NCCc2ccc3c(c2)OCO3)cc(OCC)c1OCC. The lowest BCUT2D eigenvalue weighted by atomic mass is 10.1. The second-order valence-corrected chi connectivity index (χ2v) is 6.29. The first-order valence-electron chi connectivity index (χ1n) is 9.89. The summed E-state index contributed by atoms with van der Waals surface area (Å²) >= 11 is 0. The van der Waals surface area contributed by atoms with Crippen molar-refractivity contribution in [2.75, 3.05) is 33.2 Å². The highest BCUT2D eigenvalue weighted by molar-refractivity contribution is 5.95. The van der Waals surface area contributed by atoms with E-state index in [1.54, 1.807) is 12.1 Å². The summed E-state index contributed by atoms with van der Waals surface area (Å²) in [6.45, 7) is 7.78. The molecule has 0 spiro atoms. The number of carbonyl (C=O) groups excluding carboxylic acids is 1. The highest BCUT2D eigenvalue weighted by atomic mass is 16.7. The van der Waals surface area contributed by atoms with Gasteiger partial charge in [-0.25, -0.2) is 0 Å². The summed E-state index contributed by atoms with van der Waals surface area (Å²) in [7, 11) is 0. The Kier molecular flexibility index (Phi) is 7.05. The van der Waals surface area contributed by atoms with E-state index in [0.29, 0.717) is 55.6 Å². The molecule has 0 atom stereocenters. The number of rotatable bonds is 10. The van der Waals surface area contributed by atoms with Crippen molar-refractivity contribution in [1.29, 1.82) is 0 Å². The van der Waals surface area contributed by atoms with Crippen LogP contribution < -0.4 is 29.0 Å². The molecule has 0 aliphatic carbocycles. The van der Waals surface area contributed by atoms with Crippen LogP contribution in [0.5, 0.6) is 28.7 Å². The van der Waals surface area contributed by atoms with Gasteiger partial charge in [0.15, 0.2) is 23.0 Å². The zero-order valence-electron chi connectivity index (χ0n) is 17.1. The van der Waals surface area contributed by atoms with Crippen molar-refractivity contribution < 1.29 is 28.5 Å². The molecular weight excluding hydrogens is 374 g/mol. The van der Waals surface area contributed by atoms with Gasteiger partial charge in [0, 0.05) is 12.1 Å². The number of carbonyl (C=O) groups is 1. The second-order valence-electron chi connectivity index (χ2n) is 6.29. The molecule has 1 aliphatic heterocycles. The minimum absolute atomic E-state index is 0.198. The molecule has 7 nitrogen and oxygen atoms in total. The Morgan fingerprint density at radius 2 is 1.59 bits per heavy atom. The maximum Gasteiger partial charge on any atom is 0.251 e. The fourth-order valence-electron chi connectivity index (χ4n) is 3.04. The third kappa shape index (κ3) is 5.04. The Hall–Kier alpha value is -3.09. The van der Waals surface area contributed by atoms with E-state index >= 15 is 0 Å². The molecule has 0 fully saturated rings. The fraction of sp³-hybridized carbons (Fsp3) is 0.409. The molecular formula is C22H27NO6. The summed E-state index contributed by atoms with van der Waals surface area (Å²) in [5.74, 6) is 2.81. The third-order valence-electron chi connectivity index (χ3n) is 4.31. The molecule has 0 unspecified atom stereocenters. The first-order valence-corrected chi connectivity index (χ1v) is 9.89. The summed E-state index contributed by atoms with van der Waals surface area (Å²) in [5, 5.41) is 2.94. The van der Waals surface area contributed by atoms with E-state index in [-0.39, 0.29) is 12.7 Å². The predicted molar refractivity (Wildman–Crippen MR) is 109 cm³/mol. The van der Waals surface area contributed by atoms with Gasteiger partial charge < -0.3 is 29.0 Å². The van der Waals surface area contributed by atoms with Crippen molar-refractivity contribution >= 4 is 5.91 Å². The van der Waals surface area contributed by atoms with Gasteiger partial charge in [0.1, 0.15) is 0 Å². The molecule has 2 aromatic rings. The largest absolute Gasteiger partial charge is 0.490 e. The summed E-state index contributed by atoms with van der Waals surface area (Å²) in [4.78, 5) is 12.7. The maximum atomic E-state index is 12.7. The number of fused-ring (bicyclic) bond motifs is 1. The fourth-order valence-corrected chi connectivity index (χ4v) is 3.04. The van der Waals surface area contributed by atoms with Gasteiger partial charge >= 0.3 is 0 Å². The van der Waals surface area contributed by atoms with E-state index in [1.807, 2.05) is 39.0 Å². The lowest BCUT2D eigenvalue weighted by Gasteiger charge is -2.17. The molecule has 1 aliphatic rings. The van der Waals surface area contributed by atoms with Crippen LogP contribution in [0.25, 0.3) is 0 Å². The van der Waals surface area contributed by atoms with E-state index in [0.717, 1.165) is 17.1 Å².